The van der Waals surface area contributed by atoms with Gasteiger partial charge >= 0.3 is 5.97 Å². The molecule has 0 aliphatic heterocycles. The third-order valence-corrected chi connectivity index (χ3v) is 1.89. The average molecular weight is 213 g/mol. The van der Waals surface area contributed by atoms with Crippen LogP contribution in [0.25, 0.3) is 0 Å². The monoisotopic (exact) mass is 213 g/mol. The number of carboxylic acid groups (broad SMARTS) is 1. The van der Waals surface area contributed by atoms with E-state index in [2.05, 4.69) is 10.1 Å². The van der Waals surface area contributed by atoms with Crippen LogP contribution in [0.5, 0.6) is 0 Å². The molecule has 0 saturated heterocycles. The molecule has 6 heteroatoms. The van der Waals surface area contributed by atoms with Gasteiger partial charge in [0.2, 0.25) is 5.89 Å². The zero-order chi connectivity index (χ0) is 11.3. The van der Waals surface area contributed by atoms with Gasteiger partial charge in [0, 0.05) is 26.9 Å². The normalized spacial score (nSPS) is 10.3. The number of hydrogen-bond acceptors (Lipinski definition) is 5. The first kappa shape index (κ1) is 11.5. The lowest BCUT2D eigenvalue weighted by atomic mass is 10.2. The van der Waals surface area contributed by atoms with Crippen molar-refractivity contribution in [2.75, 3.05) is 19.0 Å². The van der Waals surface area contributed by atoms with Crippen LogP contribution in [0.2, 0.25) is 0 Å². The van der Waals surface area contributed by atoms with Gasteiger partial charge in [0.25, 0.3) is 5.95 Å². The highest BCUT2D eigenvalue weighted by atomic mass is 16.5. The Morgan fingerprint density at radius 2 is 2.20 bits per heavy atom. The van der Waals surface area contributed by atoms with Gasteiger partial charge in [0.15, 0.2) is 0 Å². The van der Waals surface area contributed by atoms with E-state index in [1.54, 1.807) is 4.90 Å². The predicted octanol–water partition coefficient (Wildman–Crippen LogP) is 0.933. The summed E-state index contributed by atoms with van der Waals surface area (Å²) in [6.45, 7) is 0. The van der Waals surface area contributed by atoms with Gasteiger partial charge in [0.05, 0.1) is 0 Å². The molecule has 0 aromatic carbocycles. The van der Waals surface area contributed by atoms with Gasteiger partial charge in [-0.1, -0.05) is 0 Å². The van der Waals surface area contributed by atoms with Crippen molar-refractivity contribution in [3.05, 3.63) is 5.89 Å². The van der Waals surface area contributed by atoms with Gasteiger partial charge in [-0.05, 0) is 18.0 Å². The average Bonchev–Trinajstić information content (AvgIpc) is 2.60. The zero-order valence-corrected chi connectivity index (χ0v) is 8.93. The van der Waals surface area contributed by atoms with Crippen LogP contribution < -0.4 is 4.90 Å². The quantitative estimate of drug-likeness (QED) is 0.708. The number of carboxylic acids is 1. The van der Waals surface area contributed by atoms with Gasteiger partial charge in [-0.3, -0.25) is 4.79 Å². The summed E-state index contributed by atoms with van der Waals surface area (Å²) in [6, 6.07) is 0. The van der Waals surface area contributed by atoms with Crippen LogP contribution in [0.4, 0.5) is 5.95 Å². The zero-order valence-electron chi connectivity index (χ0n) is 8.93. The fourth-order valence-corrected chi connectivity index (χ4v) is 1.08. The SMILES string of the molecule is CN(C)c1noc(CCCCC(=O)O)n1. The summed E-state index contributed by atoms with van der Waals surface area (Å²) in [4.78, 5) is 16.1. The second-order valence-corrected chi connectivity index (χ2v) is 3.48. The molecule has 0 aliphatic carbocycles. The van der Waals surface area contributed by atoms with Crippen molar-refractivity contribution in [3.8, 4) is 0 Å². The van der Waals surface area contributed by atoms with Crippen LogP contribution in [-0.2, 0) is 11.2 Å². The van der Waals surface area contributed by atoms with Crippen molar-refractivity contribution >= 4 is 11.9 Å². The number of rotatable bonds is 6. The first-order chi connectivity index (χ1) is 7.09. The lowest BCUT2D eigenvalue weighted by molar-refractivity contribution is -0.137. The molecule has 1 aromatic heterocycles. The molecule has 1 rings (SSSR count). The van der Waals surface area contributed by atoms with Gasteiger partial charge in [-0.2, -0.15) is 4.98 Å². The number of aryl methyl sites for hydroxylation is 1. The highest BCUT2D eigenvalue weighted by molar-refractivity contribution is 5.66. The molecule has 0 unspecified atom stereocenters. The lowest BCUT2D eigenvalue weighted by Crippen LogP contribution is -2.10. The molecule has 6 nitrogen and oxygen atoms in total. The summed E-state index contributed by atoms with van der Waals surface area (Å²) in [5.41, 5.74) is 0. The van der Waals surface area contributed by atoms with Crippen LogP contribution >= 0.6 is 0 Å². The third-order valence-electron chi connectivity index (χ3n) is 1.89. The van der Waals surface area contributed by atoms with Gasteiger partial charge in [0.1, 0.15) is 0 Å². The predicted molar refractivity (Wildman–Crippen MR) is 53.8 cm³/mol. The van der Waals surface area contributed by atoms with Gasteiger partial charge in [-0.15, -0.1) is 0 Å². The third kappa shape index (κ3) is 3.97. The summed E-state index contributed by atoms with van der Waals surface area (Å²) in [5.74, 6) is 0.335. The van der Waals surface area contributed by atoms with E-state index in [0.717, 1.165) is 6.42 Å². The number of nitrogens with zero attached hydrogens (tertiary/aromatic N) is 3. The largest absolute Gasteiger partial charge is 0.481 e. The summed E-state index contributed by atoms with van der Waals surface area (Å²) < 4.78 is 4.98. The fraction of sp³-hybridized carbons (Fsp3) is 0.667. The van der Waals surface area contributed by atoms with E-state index in [-0.39, 0.29) is 6.42 Å². The molecule has 0 saturated carbocycles. The standard InChI is InChI=1S/C9H15N3O3/c1-12(2)9-10-7(15-11-9)5-3-4-6-8(13)14/h3-6H2,1-2H3,(H,13,14). The highest BCUT2D eigenvalue weighted by Crippen LogP contribution is 2.08. The van der Waals surface area contributed by atoms with E-state index in [0.29, 0.717) is 24.7 Å². The molecule has 0 amide bonds. The van der Waals surface area contributed by atoms with Crippen molar-refractivity contribution < 1.29 is 14.4 Å². The van der Waals surface area contributed by atoms with Crippen LogP contribution in [0.15, 0.2) is 4.52 Å². The Hall–Kier alpha value is -1.59. The molecule has 0 aliphatic rings. The number of aromatic nitrogens is 2. The number of anilines is 1. The molecule has 0 bridgehead atoms. The maximum Gasteiger partial charge on any atom is 0.303 e. The Bertz CT molecular complexity index is 322. The Labute approximate surface area is 87.9 Å². The second kappa shape index (κ2) is 5.33. The number of aliphatic carboxylic acids is 1. The van der Waals surface area contributed by atoms with Crippen molar-refractivity contribution in [1.29, 1.82) is 0 Å². The van der Waals surface area contributed by atoms with Gasteiger partial charge < -0.3 is 14.5 Å². The summed E-state index contributed by atoms with van der Waals surface area (Å²) in [6.07, 6.45) is 2.21. The lowest BCUT2D eigenvalue weighted by Gasteiger charge is -2.02. The number of unbranched alkanes of at least 4 members (excludes halogenated alkanes) is 1. The molecule has 0 fully saturated rings. The molecular weight excluding hydrogens is 198 g/mol. The molecule has 1 heterocycles. The smallest absolute Gasteiger partial charge is 0.303 e. The molecule has 0 radical (unpaired) electrons. The van der Waals surface area contributed by atoms with Crippen molar-refractivity contribution in [3.63, 3.8) is 0 Å². The first-order valence-corrected chi connectivity index (χ1v) is 4.81. The minimum Gasteiger partial charge on any atom is -0.481 e. The van der Waals surface area contributed by atoms with E-state index in [1.807, 2.05) is 14.1 Å². The van der Waals surface area contributed by atoms with E-state index >= 15 is 0 Å². The summed E-state index contributed by atoms with van der Waals surface area (Å²) in [5, 5.41) is 12.2. The van der Waals surface area contributed by atoms with Crippen molar-refractivity contribution in [2.24, 2.45) is 0 Å². The van der Waals surface area contributed by atoms with Crippen LogP contribution in [0.1, 0.15) is 25.2 Å². The first-order valence-electron chi connectivity index (χ1n) is 4.81. The summed E-state index contributed by atoms with van der Waals surface area (Å²) >= 11 is 0. The topological polar surface area (TPSA) is 79.5 Å². The van der Waals surface area contributed by atoms with Crippen LogP contribution in [-0.4, -0.2) is 35.3 Å². The van der Waals surface area contributed by atoms with Crippen molar-refractivity contribution in [2.45, 2.75) is 25.7 Å². The maximum absolute atomic E-state index is 10.2. The number of carbonyl (C=O) groups is 1. The minimum absolute atomic E-state index is 0.189. The van der Waals surface area contributed by atoms with Crippen LogP contribution in [0.3, 0.4) is 0 Å². The van der Waals surface area contributed by atoms with Crippen LogP contribution in [0, 0.1) is 0 Å². The molecule has 0 atom stereocenters. The Morgan fingerprint density at radius 3 is 2.73 bits per heavy atom. The highest BCUT2D eigenvalue weighted by Gasteiger charge is 2.07. The number of hydrogen-bond donors (Lipinski definition) is 1. The minimum atomic E-state index is -0.769. The molecule has 15 heavy (non-hydrogen) atoms. The van der Waals surface area contributed by atoms with Crippen molar-refractivity contribution in [1.82, 2.24) is 10.1 Å². The molecular formula is C9H15N3O3. The van der Waals surface area contributed by atoms with Gasteiger partial charge in [-0.25, -0.2) is 0 Å². The second-order valence-electron chi connectivity index (χ2n) is 3.48. The summed E-state index contributed by atoms with van der Waals surface area (Å²) in [7, 11) is 3.66. The Kier molecular flexibility index (Phi) is 4.08. The Morgan fingerprint density at radius 1 is 1.47 bits per heavy atom. The van der Waals surface area contributed by atoms with E-state index in [4.69, 9.17) is 9.63 Å². The van der Waals surface area contributed by atoms with E-state index < -0.39 is 5.97 Å². The van der Waals surface area contributed by atoms with E-state index in [9.17, 15) is 4.79 Å². The maximum atomic E-state index is 10.2. The molecule has 1 aromatic rings. The fourth-order valence-electron chi connectivity index (χ4n) is 1.08. The van der Waals surface area contributed by atoms with E-state index in [1.165, 1.54) is 0 Å². The molecule has 84 valence electrons. The Balaban J connectivity index is 2.28. The molecule has 0 spiro atoms. The molecule has 1 N–H and O–H groups in total.